The SMILES string of the molecule is CCOc1ccccc1CC(N)=S. The predicted octanol–water partition coefficient (Wildman–Crippen LogP) is 1.91. The van der Waals surface area contributed by atoms with Gasteiger partial charge in [-0.15, -0.1) is 0 Å². The van der Waals surface area contributed by atoms with Crippen LogP contribution in [0.4, 0.5) is 0 Å². The van der Waals surface area contributed by atoms with Gasteiger partial charge in [-0.1, -0.05) is 30.4 Å². The van der Waals surface area contributed by atoms with Gasteiger partial charge in [0.2, 0.25) is 0 Å². The molecular formula is C10H13NOS. The van der Waals surface area contributed by atoms with Crippen molar-refractivity contribution in [3.63, 3.8) is 0 Å². The fraction of sp³-hybridized carbons (Fsp3) is 0.300. The second-order valence-corrected chi connectivity index (χ2v) is 3.21. The summed E-state index contributed by atoms with van der Waals surface area (Å²) in [6, 6.07) is 7.80. The predicted molar refractivity (Wildman–Crippen MR) is 58.1 cm³/mol. The van der Waals surface area contributed by atoms with Crippen molar-refractivity contribution >= 4 is 17.2 Å². The number of rotatable bonds is 4. The molecule has 2 nitrogen and oxygen atoms in total. The molecule has 0 bridgehead atoms. The molecule has 0 aromatic heterocycles. The van der Waals surface area contributed by atoms with E-state index in [1.54, 1.807) is 0 Å². The molecule has 1 aromatic carbocycles. The van der Waals surface area contributed by atoms with Crippen molar-refractivity contribution in [1.29, 1.82) is 0 Å². The molecule has 0 atom stereocenters. The Morgan fingerprint density at radius 3 is 2.77 bits per heavy atom. The Morgan fingerprint density at radius 1 is 1.46 bits per heavy atom. The average Bonchev–Trinajstić information content (AvgIpc) is 2.08. The minimum Gasteiger partial charge on any atom is -0.494 e. The van der Waals surface area contributed by atoms with Gasteiger partial charge in [0.05, 0.1) is 11.6 Å². The number of hydrogen-bond donors (Lipinski definition) is 1. The Morgan fingerprint density at radius 2 is 2.15 bits per heavy atom. The zero-order chi connectivity index (χ0) is 9.68. The third-order valence-corrected chi connectivity index (χ3v) is 1.78. The average molecular weight is 195 g/mol. The molecule has 70 valence electrons. The highest BCUT2D eigenvalue weighted by atomic mass is 32.1. The molecule has 0 unspecified atom stereocenters. The van der Waals surface area contributed by atoms with Gasteiger partial charge < -0.3 is 10.5 Å². The molecule has 0 fully saturated rings. The van der Waals surface area contributed by atoms with Crippen LogP contribution in [0.2, 0.25) is 0 Å². The van der Waals surface area contributed by atoms with Crippen molar-refractivity contribution in [3.8, 4) is 5.75 Å². The highest BCUT2D eigenvalue weighted by Gasteiger charge is 2.02. The Kier molecular flexibility index (Phi) is 3.71. The van der Waals surface area contributed by atoms with Crippen molar-refractivity contribution in [1.82, 2.24) is 0 Å². The summed E-state index contributed by atoms with van der Waals surface area (Å²) in [5.74, 6) is 0.873. The zero-order valence-corrected chi connectivity index (χ0v) is 8.43. The molecule has 0 saturated carbocycles. The number of ether oxygens (including phenoxy) is 1. The summed E-state index contributed by atoms with van der Waals surface area (Å²) in [7, 11) is 0. The highest BCUT2D eigenvalue weighted by Crippen LogP contribution is 2.18. The Balaban J connectivity index is 2.84. The zero-order valence-electron chi connectivity index (χ0n) is 7.62. The number of nitrogens with two attached hydrogens (primary N) is 1. The molecule has 0 saturated heterocycles. The van der Waals surface area contributed by atoms with Crippen LogP contribution in [0.3, 0.4) is 0 Å². The standard InChI is InChI=1S/C10H13NOS/c1-2-12-9-6-4-3-5-8(9)7-10(11)13/h3-6H,2,7H2,1H3,(H2,11,13). The lowest BCUT2D eigenvalue weighted by Crippen LogP contribution is -2.12. The Hall–Kier alpha value is -1.09. The van der Waals surface area contributed by atoms with Gasteiger partial charge in [-0.25, -0.2) is 0 Å². The van der Waals surface area contributed by atoms with Crippen LogP contribution >= 0.6 is 12.2 Å². The Bertz CT molecular complexity index is 299. The normalized spacial score (nSPS) is 9.62. The summed E-state index contributed by atoms with van der Waals surface area (Å²) in [5.41, 5.74) is 6.52. The maximum absolute atomic E-state index is 5.47. The molecule has 0 aliphatic heterocycles. The molecule has 0 amide bonds. The van der Waals surface area contributed by atoms with E-state index in [1.807, 2.05) is 31.2 Å². The summed E-state index contributed by atoms with van der Waals surface area (Å²) in [6.07, 6.45) is 0.603. The molecule has 2 N–H and O–H groups in total. The van der Waals surface area contributed by atoms with Crippen LogP contribution in [0.1, 0.15) is 12.5 Å². The van der Waals surface area contributed by atoms with E-state index in [4.69, 9.17) is 22.7 Å². The van der Waals surface area contributed by atoms with Gasteiger partial charge in [-0.3, -0.25) is 0 Å². The van der Waals surface area contributed by atoms with E-state index in [2.05, 4.69) is 0 Å². The second-order valence-electron chi connectivity index (χ2n) is 2.68. The topological polar surface area (TPSA) is 35.2 Å². The summed E-state index contributed by atoms with van der Waals surface area (Å²) in [5, 5.41) is 0. The number of thiocarbonyl (C=S) groups is 1. The van der Waals surface area contributed by atoms with Gasteiger partial charge in [0, 0.05) is 12.0 Å². The maximum atomic E-state index is 5.47. The van der Waals surface area contributed by atoms with Crippen molar-refractivity contribution in [2.45, 2.75) is 13.3 Å². The first kappa shape index (κ1) is 9.99. The lowest BCUT2D eigenvalue weighted by molar-refractivity contribution is 0.337. The molecule has 0 radical (unpaired) electrons. The minimum absolute atomic E-state index is 0.493. The second kappa shape index (κ2) is 4.82. The van der Waals surface area contributed by atoms with Crippen molar-refractivity contribution in [3.05, 3.63) is 29.8 Å². The van der Waals surface area contributed by atoms with E-state index in [9.17, 15) is 0 Å². The summed E-state index contributed by atoms with van der Waals surface area (Å²) >= 11 is 4.84. The number of hydrogen-bond acceptors (Lipinski definition) is 2. The maximum Gasteiger partial charge on any atom is 0.122 e. The first-order chi connectivity index (χ1) is 6.24. The van der Waals surface area contributed by atoms with E-state index in [-0.39, 0.29) is 0 Å². The van der Waals surface area contributed by atoms with E-state index in [1.165, 1.54) is 0 Å². The fourth-order valence-corrected chi connectivity index (χ4v) is 1.29. The van der Waals surface area contributed by atoms with Gasteiger partial charge in [0.15, 0.2) is 0 Å². The van der Waals surface area contributed by atoms with Gasteiger partial charge in [0.25, 0.3) is 0 Å². The van der Waals surface area contributed by atoms with Crippen LogP contribution in [0.5, 0.6) is 5.75 Å². The molecule has 0 heterocycles. The minimum atomic E-state index is 0.493. The van der Waals surface area contributed by atoms with Crippen LogP contribution in [0.25, 0.3) is 0 Å². The smallest absolute Gasteiger partial charge is 0.122 e. The number of para-hydroxylation sites is 1. The third kappa shape index (κ3) is 3.03. The molecule has 3 heteroatoms. The quantitative estimate of drug-likeness (QED) is 0.745. The molecule has 0 aliphatic carbocycles. The summed E-state index contributed by atoms with van der Waals surface area (Å²) in [4.78, 5) is 0.493. The monoisotopic (exact) mass is 195 g/mol. The molecular weight excluding hydrogens is 182 g/mol. The van der Waals surface area contributed by atoms with E-state index < -0.39 is 0 Å². The summed E-state index contributed by atoms with van der Waals surface area (Å²) < 4.78 is 5.42. The van der Waals surface area contributed by atoms with Gasteiger partial charge in [-0.2, -0.15) is 0 Å². The van der Waals surface area contributed by atoms with E-state index in [0.717, 1.165) is 11.3 Å². The van der Waals surface area contributed by atoms with Crippen LogP contribution in [-0.2, 0) is 6.42 Å². The van der Waals surface area contributed by atoms with Crippen LogP contribution in [0.15, 0.2) is 24.3 Å². The van der Waals surface area contributed by atoms with Crippen LogP contribution in [0, 0.1) is 0 Å². The van der Waals surface area contributed by atoms with Crippen molar-refractivity contribution in [2.75, 3.05) is 6.61 Å². The molecule has 0 aliphatic rings. The molecule has 1 aromatic rings. The third-order valence-electron chi connectivity index (χ3n) is 1.64. The fourth-order valence-electron chi connectivity index (χ4n) is 1.13. The van der Waals surface area contributed by atoms with E-state index in [0.29, 0.717) is 18.0 Å². The molecule has 13 heavy (non-hydrogen) atoms. The lowest BCUT2D eigenvalue weighted by Gasteiger charge is -2.08. The highest BCUT2D eigenvalue weighted by molar-refractivity contribution is 7.80. The van der Waals surface area contributed by atoms with E-state index >= 15 is 0 Å². The van der Waals surface area contributed by atoms with Crippen molar-refractivity contribution < 1.29 is 4.74 Å². The molecule has 0 spiro atoms. The van der Waals surface area contributed by atoms with Crippen LogP contribution in [-0.4, -0.2) is 11.6 Å². The molecule has 1 rings (SSSR count). The lowest BCUT2D eigenvalue weighted by atomic mass is 10.1. The Labute approximate surface area is 83.7 Å². The van der Waals surface area contributed by atoms with Crippen molar-refractivity contribution in [2.24, 2.45) is 5.73 Å². The largest absolute Gasteiger partial charge is 0.494 e. The van der Waals surface area contributed by atoms with Gasteiger partial charge in [-0.05, 0) is 13.0 Å². The first-order valence-corrected chi connectivity index (χ1v) is 4.64. The van der Waals surface area contributed by atoms with Gasteiger partial charge >= 0.3 is 0 Å². The summed E-state index contributed by atoms with van der Waals surface area (Å²) in [6.45, 7) is 2.62. The number of benzene rings is 1. The van der Waals surface area contributed by atoms with Crippen LogP contribution < -0.4 is 10.5 Å². The first-order valence-electron chi connectivity index (χ1n) is 4.23. The van der Waals surface area contributed by atoms with Gasteiger partial charge in [0.1, 0.15) is 5.75 Å².